The van der Waals surface area contributed by atoms with Crippen LogP contribution >= 0.6 is 0 Å². The van der Waals surface area contributed by atoms with Gasteiger partial charge in [-0.2, -0.15) is 0 Å². The molecule has 0 unspecified atom stereocenters. The highest BCUT2D eigenvalue weighted by molar-refractivity contribution is 5.20. The molecule has 0 atom stereocenters. The molecular formula is C12H14N2O. The van der Waals surface area contributed by atoms with E-state index in [1.807, 2.05) is 12.1 Å². The quantitative estimate of drug-likeness (QED) is 0.732. The van der Waals surface area contributed by atoms with Crippen LogP contribution in [0.15, 0.2) is 18.3 Å². The second-order valence-electron chi connectivity index (χ2n) is 3.63. The van der Waals surface area contributed by atoms with E-state index < -0.39 is 0 Å². The van der Waals surface area contributed by atoms with Crippen molar-refractivity contribution in [3.63, 3.8) is 0 Å². The first-order valence-corrected chi connectivity index (χ1v) is 5.13. The fourth-order valence-corrected chi connectivity index (χ4v) is 1.26. The van der Waals surface area contributed by atoms with Gasteiger partial charge in [-0.05, 0) is 25.0 Å². The van der Waals surface area contributed by atoms with E-state index in [0.717, 1.165) is 18.0 Å². The number of terminal acetylenes is 1. The molecule has 3 heteroatoms. The Morgan fingerprint density at radius 1 is 1.53 bits per heavy atom. The van der Waals surface area contributed by atoms with Gasteiger partial charge in [0.25, 0.3) is 0 Å². The summed E-state index contributed by atoms with van der Waals surface area (Å²) in [4.78, 5) is 4.28. The Morgan fingerprint density at radius 2 is 2.40 bits per heavy atom. The summed E-state index contributed by atoms with van der Waals surface area (Å²) in [5.41, 5.74) is 1.04. The minimum Gasteiger partial charge on any atom is -0.479 e. The van der Waals surface area contributed by atoms with Gasteiger partial charge in [0.05, 0.1) is 11.9 Å². The van der Waals surface area contributed by atoms with E-state index in [1.54, 1.807) is 6.20 Å². The summed E-state index contributed by atoms with van der Waals surface area (Å²) < 4.78 is 5.23. The molecule has 0 aliphatic heterocycles. The predicted octanol–water partition coefficient (Wildman–Crippen LogP) is 1.35. The van der Waals surface area contributed by atoms with E-state index in [-0.39, 0.29) is 0 Å². The van der Waals surface area contributed by atoms with Gasteiger partial charge in [0, 0.05) is 12.6 Å². The molecule has 1 fully saturated rings. The van der Waals surface area contributed by atoms with Crippen LogP contribution in [-0.4, -0.2) is 17.6 Å². The molecule has 1 N–H and O–H groups in total. The van der Waals surface area contributed by atoms with Crippen molar-refractivity contribution in [1.82, 2.24) is 10.3 Å². The molecule has 0 amide bonds. The lowest BCUT2D eigenvalue weighted by Crippen LogP contribution is -2.16. The lowest BCUT2D eigenvalue weighted by molar-refractivity contribution is 0.368. The van der Waals surface area contributed by atoms with Crippen molar-refractivity contribution in [2.75, 3.05) is 6.61 Å². The molecular weight excluding hydrogens is 188 g/mol. The Hall–Kier alpha value is -1.53. The van der Waals surface area contributed by atoms with E-state index >= 15 is 0 Å². The number of pyridine rings is 1. The van der Waals surface area contributed by atoms with Gasteiger partial charge in [-0.3, -0.25) is 4.98 Å². The van der Waals surface area contributed by atoms with Crippen LogP contribution in [0.4, 0.5) is 0 Å². The van der Waals surface area contributed by atoms with E-state index in [4.69, 9.17) is 11.2 Å². The van der Waals surface area contributed by atoms with Crippen LogP contribution in [0, 0.1) is 12.3 Å². The van der Waals surface area contributed by atoms with Crippen LogP contribution in [0.25, 0.3) is 0 Å². The molecule has 1 aromatic rings. The topological polar surface area (TPSA) is 34.1 Å². The van der Waals surface area contributed by atoms with Crippen molar-refractivity contribution in [1.29, 1.82) is 0 Å². The standard InChI is InChI=1S/C12H14N2O/c1-2-7-15-12-6-5-11(14-9-12)8-13-10-3-4-10/h1,5-6,9-10,13H,3-4,7-8H2. The Balaban J connectivity index is 1.82. The second kappa shape index (κ2) is 4.81. The van der Waals surface area contributed by atoms with Gasteiger partial charge < -0.3 is 10.1 Å². The Kier molecular flexibility index (Phi) is 3.21. The van der Waals surface area contributed by atoms with Gasteiger partial charge in [0.1, 0.15) is 12.4 Å². The average molecular weight is 202 g/mol. The fraction of sp³-hybridized carbons (Fsp3) is 0.417. The van der Waals surface area contributed by atoms with Crippen molar-refractivity contribution in [2.45, 2.75) is 25.4 Å². The maximum atomic E-state index is 5.23. The summed E-state index contributed by atoms with van der Waals surface area (Å²) in [6.07, 6.45) is 9.39. The zero-order valence-electron chi connectivity index (χ0n) is 8.57. The summed E-state index contributed by atoms with van der Waals surface area (Å²) >= 11 is 0. The van der Waals surface area contributed by atoms with Gasteiger partial charge in [-0.15, -0.1) is 6.42 Å². The largest absolute Gasteiger partial charge is 0.479 e. The molecule has 0 aromatic carbocycles. The summed E-state index contributed by atoms with van der Waals surface area (Å²) in [5.74, 6) is 3.14. The third-order valence-corrected chi connectivity index (χ3v) is 2.27. The highest BCUT2D eigenvalue weighted by Gasteiger charge is 2.19. The summed E-state index contributed by atoms with van der Waals surface area (Å²) in [7, 11) is 0. The molecule has 0 spiro atoms. The second-order valence-corrected chi connectivity index (χ2v) is 3.63. The summed E-state index contributed by atoms with van der Waals surface area (Å²) in [6.45, 7) is 1.13. The van der Waals surface area contributed by atoms with E-state index in [1.165, 1.54) is 12.8 Å². The van der Waals surface area contributed by atoms with Gasteiger partial charge in [0.15, 0.2) is 0 Å². The first-order chi connectivity index (χ1) is 7.38. The van der Waals surface area contributed by atoms with E-state index in [0.29, 0.717) is 12.6 Å². The SMILES string of the molecule is C#CCOc1ccc(CNC2CC2)nc1. The van der Waals surface area contributed by atoms with Gasteiger partial charge >= 0.3 is 0 Å². The fourth-order valence-electron chi connectivity index (χ4n) is 1.26. The van der Waals surface area contributed by atoms with Crippen LogP contribution in [0.1, 0.15) is 18.5 Å². The van der Waals surface area contributed by atoms with Crippen LogP contribution in [-0.2, 0) is 6.54 Å². The van der Waals surface area contributed by atoms with Gasteiger partial charge in [-0.25, -0.2) is 0 Å². The number of ether oxygens (including phenoxy) is 1. The van der Waals surface area contributed by atoms with Gasteiger partial charge in [-0.1, -0.05) is 5.92 Å². The molecule has 1 heterocycles. The summed E-state index contributed by atoms with van der Waals surface area (Å²) in [6, 6.07) is 4.57. The molecule has 1 aliphatic rings. The molecule has 1 saturated carbocycles. The van der Waals surface area contributed by atoms with Crippen LogP contribution in [0.3, 0.4) is 0 Å². The molecule has 1 aliphatic carbocycles. The first-order valence-electron chi connectivity index (χ1n) is 5.13. The molecule has 3 nitrogen and oxygen atoms in total. The zero-order valence-corrected chi connectivity index (χ0v) is 8.57. The van der Waals surface area contributed by atoms with Crippen molar-refractivity contribution in [3.05, 3.63) is 24.0 Å². The normalized spacial score (nSPS) is 14.6. The minimum absolute atomic E-state index is 0.293. The molecule has 0 radical (unpaired) electrons. The molecule has 15 heavy (non-hydrogen) atoms. The zero-order chi connectivity index (χ0) is 10.5. The maximum Gasteiger partial charge on any atom is 0.148 e. The van der Waals surface area contributed by atoms with Crippen molar-refractivity contribution in [3.8, 4) is 18.1 Å². The number of nitrogens with one attached hydrogen (secondary N) is 1. The molecule has 78 valence electrons. The molecule has 0 bridgehead atoms. The van der Waals surface area contributed by atoms with Crippen molar-refractivity contribution in [2.24, 2.45) is 0 Å². The Bertz CT molecular complexity index is 349. The number of hydrogen-bond donors (Lipinski definition) is 1. The lowest BCUT2D eigenvalue weighted by Gasteiger charge is -2.04. The van der Waals surface area contributed by atoms with Crippen molar-refractivity contribution >= 4 is 0 Å². The van der Waals surface area contributed by atoms with Gasteiger partial charge in [0.2, 0.25) is 0 Å². The van der Waals surface area contributed by atoms with Crippen LogP contribution in [0.2, 0.25) is 0 Å². The van der Waals surface area contributed by atoms with E-state index in [2.05, 4.69) is 16.2 Å². The molecule has 2 rings (SSSR count). The smallest absolute Gasteiger partial charge is 0.148 e. The lowest BCUT2D eigenvalue weighted by atomic mass is 10.3. The highest BCUT2D eigenvalue weighted by atomic mass is 16.5. The summed E-state index contributed by atoms with van der Waals surface area (Å²) in [5, 5.41) is 3.40. The van der Waals surface area contributed by atoms with Crippen molar-refractivity contribution < 1.29 is 4.74 Å². The predicted molar refractivity (Wildman–Crippen MR) is 58.4 cm³/mol. The average Bonchev–Trinajstić information content (AvgIpc) is 3.09. The number of aromatic nitrogens is 1. The minimum atomic E-state index is 0.293. The van der Waals surface area contributed by atoms with Crippen LogP contribution < -0.4 is 10.1 Å². The first kappa shape index (κ1) is 10.0. The van der Waals surface area contributed by atoms with E-state index in [9.17, 15) is 0 Å². The Morgan fingerprint density at radius 3 is 3.00 bits per heavy atom. The highest BCUT2D eigenvalue weighted by Crippen LogP contribution is 2.19. The third-order valence-electron chi connectivity index (χ3n) is 2.27. The number of nitrogens with zero attached hydrogens (tertiary/aromatic N) is 1. The Labute approximate surface area is 89.9 Å². The molecule has 0 saturated heterocycles. The maximum absolute atomic E-state index is 5.23. The molecule has 1 aromatic heterocycles. The number of rotatable bonds is 5. The third kappa shape index (κ3) is 3.26. The number of hydrogen-bond acceptors (Lipinski definition) is 3. The monoisotopic (exact) mass is 202 g/mol. The van der Waals surface area contributed by atoms with Crippen LogP contribution in [0.5, 0.6) is 5.75 Å².